The van der Waals surface area contributed by atoms with Crippen molar-refractivity contribution in [2.75, 3.05) is 12.3 Å². The van der Waals surface area contributed by atoms with E-state index in [2.05, 4.69) is 41.0 Å². The summed E-state index contributed by atoms with van der Waals surface area (Å²) in [5, 5.41) is 5.46. The van der Waals surface area contributed by atoms with Crippen molar-refractivity contribution in [3.05, 3.63) is 95.9 Å². The molecule has 0 aliphatic heterocycles. The first kappa shape index (κ1) is 22.2. The lowest BCUT2D eigenvalue weighted by Crippen LogP contribution is -2.32. The Labute approximate surface area is 188 Å². The molecule has 7 heteroatoms. The van der Waals surface area contributed by atoms with Gasteiger partial charge in [-0.1, -0.05) is 43.3 Å². The fourth-order valence-corrected chi connectivity index (χ4v) is 4.74. The van der Waals surface area contributed by atoms with Gasteiger partial charge in [0.15, 0.2) is 0 Å². The zero-order chi connectivity index (χ0) is 22.7. The first-order chi connectivity index (χ1) is 15.4. The van der Waals surface area contributed by atoms with Crippen molar-refractivity contribution >= 4 is 20.9 Å². The van der Waals surface area contributed by atoms with Gasteiger partial charge in [0.25, 0.3) is 0 Å². The average molecular weight is 452 g/mol. The highest BCUT2D eigenvalue weighted by Gasteiger charge is 2.23. The van der Waals surface area contributed by atoms with Crippen LogP contribution in [0.2, 0.25) is 0 Å². The van der Waals surface area contributed by atoms with E-state index in [1.54, 1.807) is 29.9 Å². The predicted octanol–water partition coefficient (Wildman–Crippen LogP) is 4.87. The first-order valence-electron chi connectivity index (χ1n) is 10.6. The molecule has 1 N–H and O–H groups in total. The summed E-state index contributed by atoms with van der Waals surface area (Å²) < 4.78 is 41.8. The zero-order valence-electron chi connectivity index (χ0n) is 18.1. The number of hydrogen-bond acceptors (Lipinski definition) is 3. The van der Waals surface area contributed by atoms with Gasteiger partial charge in [0.05, 0.1) is 23.2 Å². The number of aromatic nitrogens is 2. The molecular weight excluding hydrogens is 425 g/mol. The van der Waals surface area contributed by atoms with E-state index in [1.165, 1.54) is 12.1 Å². The van der Waals surface area contributed by atoms with Gasteiger partial charge in [0.2, 0.25) is 10.0 Å². The minimum Gasteiger partial charge on any atom is -0.233 e. The number of nitrogens with zero attached hydrogens (tertiary/aromatic N) is 2. The van der Waals surface area contributed by atoms with E-state index in [1.807, 2.05) is 24.3 Å². The highest BCUT2D eigenvalue weighted by Crippen LogP contribution is 2.34. The maximum absolute atomic E-state index is 13.3. The molecule has 1 aromatic heterocycles. The number of nitrogens with one attached hydrogen (secondary N) is 1. The maximum Gasteiger partial charge on any atom is 0.211 e. The van der Waals surface area contributed by atoms with Crippen LogP contribution in [0.25, 0.3) is 16.6 Å². The van der Waals surface area contributed by atoms with E-state index in [0.717, 1.165) is 27.7 Å². The molecule has 4 aromatic rings. The molecule has 0 radical (unpaired) electrons. The van der Waals surface area contributed by atoms with Crippen molar-refractivity contribution in [3.8, 4) is 5.69 Å². The Morgan fingerprint density at radius 1 is 1.00 bits per heavy atom. The van der Waals surface area contributed by atoms with Crippen LogP contribution in [0, 0.1) is 11.7 Å². The molecule has 0 aliphatic rings. The largest absolute Gasteiger partial charge is 0.233 e. The second-order valence-corrected chi connectivity index (χ2v) is 10.1. The fourth-order valence-electron chi connectivity index (χ4n) is 4.02. The van der Waals surface area contributed by atoms with E-state index in [-0.39, 0.29) is 23.4 Å². The summed E-state index contributed by atoms with van der Waals surface area (Å²) in [7, 11) is -3.27. The smallest absolute Gasteiger partial charge is 0.211 e. The first-order valence-corrected chi connectivity index (χ1v) is 12.3. The van der Waals surface area contributed by atoms with Gasteiger partial charge in [-0.3, -0.25) is 0 Å². The van der Waals surface area contributed by atoms with Gasteiger partial charge < -0.3 is 0 Å². The number of benzene rings is 3. The molecule has 1 heterocycles. The summed E-state index contributed by atoms with van der Waals surface area (Å²) >= 11 is 0. The second kappa shape index (κ2) is 9.22. The van der Waals surface area contributed by atoms with E-state index < -0.39 is 10.0 Å². The van der Waals surface area contributed by atoms with Gasteiger partial charge >= 0.3 is 0 Å². The summed E-state index contributed by atoms with van der Waals surface area (Å²) in [6, 6.07) is 22.5. The molecule has 0 spiro atoms. The van der Waals surface area contributed by atoms with Gasteiger partial charge in [-0.05, 0) is 60.4 Å². The summed E-state index contributed by atoms with van der Waals surface area (Å²) in [5.74, 6) is -0.187. The van der Waals surface area contributed by atoms with E-state index in [9.17, 15) is 12.8 Å². The van der Waals surface area contributed by atoms with Crippen LogP contribution in [0.1, 0.15) is 30.9 Å². The van der Waals surface area contributed by atoms with Crippen LogP contribution in [0.4, 0.5) is 4.39 Å². The van der Waals surface area contributed by atoms with Crippen LogP contribution in [0.3, 0.4) is 0 Å². The highest BCUT2D eigenvalue weighted by atomic mass is 32.2. The molecule has 166 valence electrons. The molecule has 4 rings (SSSR count). The van der Waals surface area contributed by atoms with Crippen molar-refractivity contribution in [1.29, 1.82) is 0 Å². The van der Waals surface area contributed by atoms with Crippen LogP contribution >= 0.6 is 0 Å². The minimum absolute atomic E-state index is 0.00864. The Balaban J connectivity index is 1.71. The fraction of sp³-hybridized carbons (Fsp3) is 0.240. The van der Waals surface area contributed by atoms with Gasteiger partial charge in [-0.15, -0.1) is 0 Å². The highest BCUT2D eigenvalue weighted by molar-refractivity contribution is 7.89. The van der Waals surface area contributed by atoms with Crippen molar-refractivity contribution in [3.63, 3.8) is 0 Å². The molecule has 5 nitrogen and oxygen atoms in total. The van der Waals surface area contributed by atoms with Crippen molar-refractivity contribution in [2.24, 2.45) is 5.92 Å². The lowest BCUT2D eigenvalue weighted by atomic mass is 9.81. The Kier molecular flexibility index (Phi) is 6.39. The minimum atomic E-state index is -3.27. The third-order valence-electron chi connectivity index (χ3n) is 5.76. The Bertz CT molecular complexity index is 1300. The van der Waals surface area contributed by atoms with Crippen LogP contribution in [0.15, 0.2) is 79.0 Å². The van der Waals surface area contributed by atoms with Crippen LogP contribution in [-0.4, -0.2) is 30.5 Å². The zero-order valence-corrected chi connectivity index (χ0v) is 18.9. The lowest BCUT2D eigenvalue weighted by molar-refractivity contribution is 0.495. The normalized spacial score (nSPS) is 13.8. The molecule has 0 bridgehead atoms. The van der Waals surface area contributed by atoms with Gasteiger partial charge in [0.1, 0.15) is 5.82 Å². The molecule has 32 heavy (non-hydrogen) atoms. The van der Waals surface area contributed by atoms with E-state index >= 15 is 0 Å². The molecule has 0 amide bonds. The Morgan fingerprint density at radius 3 is 2.41 bits per heavy atom. The van der Waals surface area contributed by atoms with Gasteiger partial charge in [0, 0.05) is 17.8 Å². The SMILES string of the molecule is CCS(=O)(=O)NCC(C)[C@@H](c1ccccc1)c1ccc2c(cnn2-c2ccc(F)cc2)c1. The number of sulfonamides is 1. The molecule has 0 fully saturated rings. The number of rotatable bonds is 8. The lowest BCUT2D eigenvalue weighted by Gasteiger charge is -2.25. The molecule has 0 saturated carbocycles. The van der Waals surface area contributed by atoms with Gasteiger partial charge in [-0.2, -0.15) is 5.10 Å². The van der Waals surface area contributed by atoms with Gasteiger partial charge in [-0.25, -0.2) is 22.2 Å². The summed E-state index contributed by atoms with van der Waals surface area (Å²) in [4.78, 5) is 0. The standard InChI is InChI=1S/C25H26FN3O2S/c1-3-32(30,31)28-16-18(2)25(19-7-5-4-6-8-19)20-9-14-24-21(15-20)17-27-29(24)23-12-10-22(26)11-13-23/h4-15,17-18,25,28H,3,16H2,1-2H3/t18?,25-/m0/s1. The van der Waals surface area contributed by atoms with Crippen molar-refractivity contribution in [1.82, 2.24) is 14.5 Å². The van der Waals surface area contributed by atoms with Crippen LogP contribution < -0.4 is 4.72 Å². The molecule has 0 saturated heterocycles. The van der Waals surface area contributed by atoms with Crippen LogP contribution in [0.5, 0.6) is 0 Å². The third kappa shape index (κ3) is 4.74. The topological polar surface area (TPSA) is 64.0 Å². The predicted molar refractivity (Wildman–Crippen MR) is 126 cm³/mol. The van der Waals surface area contributed by atoms with Crippen molar-refractivity contribution < 1.29 is 12.8 Å². The van der Waals surface area contributed by atoms with E-state index in [0.29, 0.717) is 6.54 Å². The number of hydrogen-bond donors (Lipinski definition) is 1. The second-order valence-electron chi connectivity index (χ2n) is 7.97. The molecule has 0 aliphatic carbocycles. The maximum atomic E-state index is 13.3. The molecule has 2 atom stereocenters. The number of fused-ring (bicyclic) bond motifs is 1. The summed E-state index contributed by atoms with van der Waals surface area (Å²) in [5.41, 5.74) is 3.93. The Hall–Kier alpha value is -3.03. The molecule has 3 aromatic carbocycles. The average Bonchev–Trinajstić information content (AvgIpc) is 3.23. The summed E-state index contributed by atoms with van der Waals surface area (Å²) in [6.45, 7) is 4.04. The Morgan fingerprint density at radius 2 is 1.72 bits per heavy atom. The monoisotopic (exact) mass is 451 g/mol. The quantitative estimate of drug-likeness (QED) is 0.416. The summed E-state index contributed by atoms with van der Waals surface area (Å²) in [6.07, 6.45) is 1.80. The third-order valence-corrected chi connectivity index (χ3v) is 7.12. The van der Waals surface area contributed by atoms with E-state index in [4.69, 9.17) is 0 Å². The molecular formula is C25H26FN3O2S. The number of halogens is 1. The van der Waals surface area contributed by atoms with Crippen LogP contribution in [-0.2, 0) is 10.0 Å². The van der Waals surface area contributed by atoms with Crippen molar-refractivity contribution in [2.45, 2.75) is 19.8 Å². The molecule has 1 unspecified atom stereocenters.